The van der Waals surface area contributed by atoms with Crippen LogP contribution in [-0.4, -0.2) is 43.5 Å². The molecule has 1 aromatic carbocycles. The zero-order chi connectivity index (χ0) is 17.6. The van der Waals surface area contributed by atoms with Gasteiger partial charge in [-0.2, -0.15) is 0 Å². The monoisotopic (exact) mass is 340 g/mol. The maximum atomic E-state index is 12.4. The number of anilines is 1. The molecule has 0 unspecified atom stereocenters. The van der Waals surface area contributed by atoms with Gasteiger partial charge in [-0.3, -0.25) is 4.79 Å². The standard InChI is InChI=1S/C19H20N2O4/c1-24-17-9-3-2-7-14(17)16(22)13-25-19(23)15-8-6-10-20-18(15)21-11-4-5-12-21/h2-3,6-10H,4-5,11-13H2,1H3. The van der Waals surface area contributed by atoms with Crippen LogP contribution in [0, 0.1) is 0 Å². The Hall–Kier alpha value is -2.89. The molecule has 2 heterocycles. The number of para-hydroxylation sites is 1. The van der Waals surface area contributed by atoms with Crippen molar-refractivity contribution in [1.29, 1.82) is 0 Å². The SMILES string of the molecule is COc1ccccc1C(=O)COC(=O)c1cccnc1N1CCCC1. The molecule has 0 saturated carbocycles. The van der Waals surface area contributed by atoms with Crippen molar-refractivity contribution < 1.29 is 19.1 Å². The number of ether oxygens (including phenoxy) is 2. The highest BCUT2D eigenvalue weighted by atomic mass is 16.5. The van der Waals surface area contributed by atoms with Crippen LogP contribution < -0.4 is 9.64 Å². The molecule has 0 N–H and O–H groups in total. The fourth-order valence-electron chi connectivity index (χ4n) is 2.90. The van der Waals surface area contributed by atoms with Crippen molar-refractivity contribution in [2.24, 2.45) is 0 Å². The molecule has 0 bridgehead atoms. The number of ketones is 1. The van der Waals surface area contributed by atoms with Gasteiger partial charge < -0.3 is 14.4 Å². The summed E-state index contributed by atoms with van der Waals surface area (Å²) >= 11 is 0. The van der Waals surface area contributed by atoms with E-state index in [0.29, 0.717) is 22.7 Å². The van der Waals surface area contributed by atoms with Gasteiger partial charge in [-0.15, -0.1) is 0 Å². The second kappa shape index (κ2) is 7.79. The Labute approximate surface area is 146 Å². The largest absolute Gasteiger partial charge is 0.496 e. The Morgan fingerprint density at radius 3 is 2.56 bits per heavy atom. The van der Waals surface area contributed by atoms with Crippen LogP contribution in [0.5, 0.6) is 5.75 Å². The highest BCUT2D eigenvalue weighted by molar-refractivity contribution is 6.02. The summed E-state index contributed by atoms with van der Waals surface area (Å²) < 4.78 is 10.4. The predicted molar refractivity (Wildman–Crippen MR) is 93.3 cm³/mol. The van der Waals surface area contributed by atoms with E-state index in [1.807, 2.05) is 0 Å². The van der Waals surface area contributed by atoms with Crippen molar-refractivity contribution in [1.82, 2.24) is 4.98 Å². The first-order chi connectivity index (χ1) is 12.2. The fourth-order valence-corrected chi connectivity index (χ4v) is 2.90. The molecule has 1 saturated heterocycles. The van der Waals surface area contributed by atoms with Gasteiger partial charge in [0, 0.05) is 19.3 Å². The lowest BCUT2D eigenvalue weighted by Crippen LogP contribution is -2.23. The van der Waals surface area contributed by atoms with Crippen molar-refractivity contribution in [3.05, 3.63) is 53.7 Å². The molecule has 6 nitrogen and oxygen atoms in total. The first-order valence-electron chi connectivity index (χ1n) is 8.24. The van der Waals surface area contributed by atoms with E-state index in [0.717, 1.165) is 25.9 Å². The van der Waals surface area contributed by atoms with Gasteiger partial charge in [0.05, 0.1) is 12.7 Å². The normalized spacial score (nSPS) is 13.6. The van der Waals surface area contributed by atoms with Crippen LogP contribution in [-0.2, 0) is 4.74 Å². The molecular weight excluding hydrogens is 320 g/mol. The van der Waals surface area contributed by atoms with Gasteiger partial charge in [0.15, 0.2) is 6.61 Å². The molecule has 1 aromatic heterocycles. The molecule has 1 aliphatic heterocycles. The number of methoxy groups -OCH3 is 1. The van der Waals surface area contributed by atoms with Crippen molar-refractivity contribution in [2.75, 3.05) is 31.7 Å². The summed E-state index contributed by atoms with van der Waals surface area (Å²) in [5.74, 6) is 0.230. The third-order valence-corrected chi connectivity index (χ3v) is 4.15. The molecule has 1 fully saturated rings. The molecule has 0 spiro atoms. The quantitative estimate of drug-likeness (QED) is 0.595. The van der Waals surface area contributed by atoms with E-state index in [4.69, 9.17) is 9.47 Å². The van der Waals surface area contributed by atoms with Crippen molar-refractivity contribution in [3.63, 3.8) is 0 Å². The van der Waals surface area contributed by atoms with E-state index in [-0.39, 0.29) is 12.4 Å². The summed E-state index contributed by atoms with van der Waals surface area (Å²) in [6.07, 6.45) is 3.82. The highest BCUT2D eigenvalue weighted by Crippen LogP contribution is 2.23. The maximum absolute atomic E-state index is 12.4. The summed E-state index contributed by atoms with van der Waals surface area (Å²) in [4.78, 5) is 31.1. The number of carbonyl (C=O) groups is 2. The molecule has 6 heteroatoms. The predicted octanol–water partition coefficient (Wildman–Crippen LogP) is 2.73. The Balaban J connectivity index is 1.70. The third kappa shape index (κ3) is 3.79. The van der Waals surface area contributed by atoms with Gasteiger partial charge in [-0.1, -0.05) is 12.1 Å². The van der Waals surface area contributed by atoms with Crippen LogP contribution in [0.15, 0.2) is 42.6 Å². The first kappa shape index (κ1) is 17.0. The number of hydrogen-bond donors (Lipinski definition) is 0. The van der Waals surface area contributed by atoms with Gasteiger partial charge in [0.25, 0.3) is 0 Å². The van der Waals surface area contributed by atoms with Crippen LogP contribution in [0.1, 0.15) is 33.6 Å². The van der Waals surface area contributed by atoms with Gasteiger partial charge in [-0.05, 0) is 37.1 Å². The number of benzene rings is 1. The Morgan fingerprint density at radius 1 is 1.08 bits per heavy atom. The average Bonchev–Trinajstić information content (AvgIpc) is 3.20. The number of rotatable bonds is 6. The van der Waals surface area contributed by atoms with Crippen LogP contribution in [0.25, 0.3) is 0 Å². The van der Waals surface area contributed by atoms with E-state index in [2.05, 4.69) is 9.88 Å². The minimum Gasteiger partial charge on any atom is -0.496 e. The molecule has 130 valence electrons. The van der Waals surface area contributed by atoms with Crippen molar-refractivity contribution in [3.8, 4) is 5.75 Å². The molecule has 25 heavy (non-hydrogen) atoms. The second-order valence-corrected chi connectivity index (χ2v) is 5.77. The van der Waals surface area contributed by atoms with Crippen molar-refractivity contribution in [2.45, 2.75) is 12.8 Å². The van der Waals surface area contributed by atoms with Crippen molar-refractivity contribution >= 4 is 17.6 Å². The maximum Gasteiger partial charge on any atom is 0.342 e. The Bertz CT molecular complexity index is 770. The summed E-state index contributed by atoms with van der Waals surface area (Å²) in [5.41, 5.74) is 0.779. The van der Waals surface area contributed by atoms with Gasteiger partial charge >= 0.3 is 5.97 Å². The molecule has 2 aromatic rings. The minimum absolute atomic E-state index is 0.308. The van der Waals surface area contributed by atoms with E-state index in [1.165, 1.54) is 7.11 Å². The molecule has 0 amide bonds. The summed E-state index contributed by atoms with van der Waals surface area (Å²) in [5, 5.41) is 0. The van der Waals surface area contributed by atoms with Gasteiger partial charge in [0.2, 0.25) is 5.78 Å². The zero-order valence-electron chi connectivity index (χ0n) is 14.1. The van der Waals surface area contributed by atoms with Crippen LogP contribution >= 0.6 is 0 Å². The highest BCUT2D eigenvalue weighted by Gasteiger charge is 2.22. The molecule has 0 radical (unpaired) electrons. The third-order valence-electron chi connectivity index (χ3n) is 4.15. The number of aromatic nitrogens is 1. The molecular formula is C19H20N2O4. The van der Waals surface area contributed by atoms with E-state index in [9.17, 15) is 9.59 Å². The van der Waals surface area contributed by atoms with Crippen LogP contribution in [0.2, 0.25) is 0 Å². The summed E-state index contributed by atoms with van der Waals surface area (Å²) in [6.45, 7) is 1.41. The van der Waals surface area contributed by atoms with E-state index >= 15 is 0 Å². The molecule has 1 aliphatic rings. The number of pyridine rings is 1. The number of Topliss-reactive ketones (excluding diaryl/α,β-unsaturated/α-hetero) is 1. The smallest absolute Gasteiger partial charge is 0.342 e. The van der Waals surface area contributed by atoms with E-state index < -0.39 is 5.97 Å². The number of esters is 1. The Kier molecular flexibility index (Phi) is 5.28. The summed E-state index contributed by atoms with van der Waals surface area (Å²) in [7, 11) is 1.50. The fraction of sp³-hybridized carbons (Fsp3) is 0.316. The molecule has 3 rings (SSSR count). The molecule has 0 atom stereocenters. The topological polar surface area (TPSA) is 68.7 Å². The Morgan fingerprint density at radius 2 is 1.80 bits per heavy atom. The minimum atomic E-state index is -0.543. The number of nitrogens with zero attached hydrogens (tertiary/aromatic N) is 2. The second-order valence-electron chi connectivity index (χ2n) is 5.77. The van der Waals surface area contributed by atoms with Gasteiger partial charge in [0.1, 0.15) is 17.1 Å². The van der Waals surface area contributed by atoms with Crippen LogP contribution in [0.3, 0.4) is 0 Å². The lowest BCUT2D eigenvalue weighted by Gasteiger charge is -2.18. The summed E-state index contributed by atoms with van der Waals surface area (Å²) in [6, 6.07) is 10.2. The first-order valence-corrected chi connectivity index (χ1v) is 8.24. The number of carbonyl (C=O) groups excluding carboxylic acids is 2. The van der Waals surface area contributed by atoms with Crippen LogP contribution in [0.4, 0.5) is 5.82 Å². The lowest BCUT2D eigenvalue weighted by molar-refractivity contribution is 0.0474. The lowest BCUT2D eigenvalue weighted by atomic mass is 10.1. The van der Waals surface area contributed by atoms with E-state index in [1.54, 1.807) is 42.6 Å². The number of hydrogen-bond acceptors (Lipinski definition) is 6. The van der Waals surface area contributed by atoms with Gasteiger partial charge in [-0.25, -0.2) is 9.78 Å². The zero-order valence-corrected chi connectivity index (χ0v) is 14.1. The molecule has 0 aliphatic carbocycles. The average molecular weight is 340 g/mol.